The molecule has 0 aliphatic carbocycles. The molecule has 0 fully saturated rings. The van der Waals surface area contributed by atoms with Gasteiger partial charge in [-0.15, -0.1) is 0 Å². The Hall–Kier alpha value is -2.58. The highest BCUT2D eigenvalue weighted by Crippen LogP contribution is 2.35. The number of nitrogens with zero attached hydrogens (tertiary/aromatic N) is 3. The molecule has 3 aromatic rings. The molecule has 1 aliphatic rings. The van der Waals surface area contributed by atoms with Gasteiger partial charge < -0.3 is 14.9 Å². The van der Waals surface area contributed by atoms with E-state index in [1.165, 1.54) is 0 Å². The summed E-state index contributed by atoms with van der Waals surface area (Å²) < 4.78 is 5.97. The lowest BCUT2D eigenvalue weighted by Gasteiger charge is -2.12. The highest BCUT2D eigenvalue weighted by Gasteiger charge is 2.29. The highest BCUT2D eigenvalue weighted by molar-refractivity contribution is 9.10. The first kappa shape index (κ1) is 17.8. The number of aromatic nitrogens is 2. The predicted octanol–water partition coefficient (Wildman–Crippen LogP) is 4.14. The van der Waals surface area contributed by atoms with Crippen LogP contribution in [0.2, 0.25) is 0 Å². The first-order valence-corrected chi connectivity index (χ1v) is 9.35. The quantitative estimate of drug-likeness (QED) is 0.632. The van der Waals surface area contributed by atoms with Crippen molar-refractivity contribution in [3.63, 3.8) is 0 Å². The van der Waals surface area contributed by atoms with Gasteiger partial charge in [0.05, 0.1) is 17.4 Å². The van der Waals surface area contributed by atoms with Crippen molar-refractivity contribution in [2.45, 2.75) is 32.8 Å². The second-order valence-corrected chi connectivity index (χ2v) is 7.49. The number of aliphatic imine (C=N–C) groups is 1. The number of aliphatic hydroxyl groups is 1. The van der Waals surface area contributed by atoms with Crippen LogP contribution in [-0.4, -0.2) is 33.0 Å². The zero-order chi connectivity index (χ0) is 19.1. The fraction of sp³-hybridized carbons (Fsp3) is 0.263. The lowest BCUT2D eigenvalue weighted by molar-refractivity contribution is 0.101. The van der Waals surface area contributed by atoms with Crippen molar-refractivity contribution < 1.29 is 14.4 Å². The standard InChI is InChI=1S/C19H17BrN4O3/c1-9(25)3-6-14-17-16(19(26)21-14)13-8-11(20)4-5-12(13)18(23-17)22-15-7-10(2)27-24-15/h4-5,7-9,25H,3,6H2,1-2H3,(H,22,23,24)/t9-/m0/s1. The van der Waals surface area contributed by atoms with E-state index in [0.717, 1.165) is 15.2 Å². The molecule has 1 amide bonds. The average molecular weight is 429 g/mol. The Morgan fingerprint density at radius 2 is 2.11 bits per heavy atom. The van der Waals surface area contributed by atoms with Crippen molar-refractivity contribution in [2.24, 2.45) is 4.99 Å². The molecule has 2 aromatic heterocycles. The van der Waals surface area contributed by atoms with Crippen LogP contribution in [0.15, 0.2) is 38.3 Å². The van der Waals surface area contributed by atoms with E-state index in [-0.39, 0.29) is 5.91 Å². The normalized spacial score (nSPS) is 14.4. The van der Waals surface area contributed by atoms with Gasteiger partial charge >= 0.3 is 0 Å². The second-order valence-electron chi connectivity index (χ2n) is 6.57. The number of anilines is 2. The summed E-state index contributed by atoms with van der Waals surface area (Å²) >= 11 is 3.47. The Balaban J connectivity index is 1.86. The minimum absolute atomic E-state index is 0.301. The van der Waals surface area contributed by atoms with Gasteiger partial charge in [-0.2, -0.15) is 0 Å². The van der Waals surface area contributed by atoms with Crippen LogP contribution in [0.5, 0.6) is 0 Å². The minimum Gasteiger partial charge on any atom is -0.393 e. The first-order chi connectivity index (χ1) is 12.9. The molecule has 4 rings (SSSR count). The van der Waals surface area contributed by atoms with Crippen molar-refractivity contribution in [1.29, 1.82) is 0 Å². The van der Waals surface area contributed by atoms with Gasteiger partial charge in [0.1, 0.15) is 17.3 Å². The van der Waals surface area contributed by atoms with Crippen LogP contribution >= 0.6 is 15.9 Å². The molecule has 2 N–H and O–H groups in total. The number of amides is 1. The summed E-state index contributed by atoms with van der Waals surface area (Å²) in [5.41, 5.74) is 1.64. The van der Waals surface area contributed by atoms with Gasteiger partial charge in [0.25, 0.3) is 5.91 Å². The van der Waals surface area contributed by atoms with Gasteiger partial charge in [0.2, 0.25) is 0 Å². The molecular formula is C19H17BrN4O3. The van der Waals surface area contributed by atoms with Gasteiger partial charge in [0, 0.05) is 21.3 Å². The molecule has 0 radical (unpaired) electrons. The van der Waals surface area contributed by atoms with E-state index in [0.29, 0.717) is 47.2 Å². The van der Waals surface area contributed by atoms with Crippen LogP contribution in [0.3, 0.4) is 0 Å². The van der Waals surface area contributed by atoms with E-state index in [9.17, 15) is 9.90 Å². The zero-order valence-electron chi connectivity index (χ0n) is 14.8. The van der Waals surface area contributed by atoms with Crippen LogP contribution < -0.4 is 5.32 Å². The Morgan fingerprint density at radius 1 is 1.30 bits per heavy atom. The van der Waals surface area contributed by atoms with Crippen molar-refractivity contribution in [3.8, 4) is 0 Å². The number of hydrogen-bond donors (Lipinski definition) is 2. The van der Waals surface area contributed by atoms with E-state index >= 15 is 0 Å². The topological polar surface area (TPSA) is 101 Å². The number of aliphatic hydroxyl groups excluding tert-OH is 1. The number of benzene rings is 1. The third-order valence-electron chi connectivity index (χ3n) is 4.36. The predicted molar refractivity (Wildman–Crippen MR) is 106 cm³/mol. The van der Waals surface area contributed by atoms with Crippen LogP contribution in [0.1, 0.15) is 41.6 Å². The summed E-state index contributed by atoms with van der Waals surface area (Å²) in [4.78, 5) is 21.4. The van der Waals surface area contributed by atoms with Gasteiger partial charge in [0.15, 0.2) is 5.82 Å². The third-order valence-corrected chi connectivity index (χ3v) is 4.86. The van der Waals surface area contributed by atoms with Gasteiger partial charge in [-0.25, -0.2) is 9.98 Å². The maximum Gasteiger partial charge on any atom is 0.280 e. The Kier molecular flexibility index (Phi) is 4.53. The Labute approximate surface area is 163 Å². The highest BCUT2D eigenvalue weighted by atomic mass is 79.9. The maximum absolute atomic E-state index is 12.6. The molecule has 0 saturated carbocycles. The molecule has 0 unspecified atom stereocenters. The number of nitrogens with one attached hydrogen (secondary N) is 1. The van der Waals surface area contributed by atoms with Crippen molar-refractivity contribution in [3.05, 3.63) is 45.8 Å². The van der Waals surface area contributed by atoms with E-state index in [1.807, 2.05) is 25.1 Å². The van der Waals surface area contributed by atoms with Crippen LogP contribution in [0.25, 0.3) is 10.8 Å². The Morgan fingerprint density at radius 3 is 2.81 bits per heavy atom. The number of aryl methyl sites for hydroxylation is 1. The molecule has 7 nitrogen and oxygen atoms in total. The van der Waals surface area contributed by atoms with Crippen LogP contribution in [-0.2, 0) is 0 Å². The SMILES string of the molecule is Cc1cc(Nc2nc3c(c4cc(Br)ccc24)C(=O)N=C3CC[C@H](C)O)no1. The molecule has 0 spiro atoms. The van der Waals surface area contributed by atoms with E-state index in [2.05, 4.69) is 36.4 Å². The summed E-state index contributed by atoms with van der Waals surface area (Å²) in [6.45, 7) is 3.52. The van der Waals surface area contributed by atoms with Crippen molar-refractivity contribution >= 4 is 50.0 Å². The first-order valence-electron chi connectivity index (χ1n) is 8.56. The minimum atomic E-state index is -0.475. The molecular weight excluding hydrogens is 412 g/mol. The molecule has 1 atom stereocenters. The van der Waals surface area contributed by atoms with Crippen molar-refractivity contribution in [1.82, 2.24) is 10.1 Å². The number of carbonyl (C=O) groups excluding carboxylic acids is 1. The fourth-order valence-electron chi connectivity index (χ4n) is 3.10. The summed E-state index contributed by atoms with van der Waals surface area (Å²) in [5.74, 6) is 1.49. The maximum atomic E-state index is 12.6. The number of halogens is 1. The summed E-state index contributed by atoms with van der Waals surface area (Å²) in [5, 5.41) is 18.3. The summed E-state index contributed by atoms with van der Waals surface area (Å²) in [6.07, 6.45) is 0.512. The van der Waals surface area contributed by atoms with Crippen LogP contribution in [0, 0.1) is 6.92 Å². The Bertz CT molecular complexity index is 1090. The largest absolute Gasteiger partial charge is 0.393 e. The number of fused-ring (bicyclic) bond motifs is 3. The molecule has 0 saturated heterocycles. The molecule has 138 valence electrons. The second kappa shape index (κ2) is 6.86. The monoisotopic (exact) mass is 428 g/mol. The van der Waals surface area contributed by atoms with Crippen LogP contribution in [0.4, 0.5) is 11.6 Å². The lowest BCUT2D eigenvalue weighted by atomic mass is 10.0. The number of rotatable bonds is 5. The van der Waals surface area contributed by atoms with E-state index < -0.39 is 6.10 Å². The number of pyridine rings is 1. The summed E-state index contributed by atoms with van der Waals surface area (Å²) in [6, 6.07) is 7.45. The van der Waals surface area contributed by atoms with Gasteiger partial charge in [-0.05, 0) is 44.9 Å². The van der Waals surface area contributed by atoms with Gasteiger partial charge in [-0.3, -0.25) is 4.79 Å². The lowest BCUT2D eigenvalue weighted by Crippen LogP contribution is -2.09. The molecule has 0 bridgehead atoms. The molecule has 1 aliphatic heterocycles. The number of carbonyl (C=O) groups is 1. The smallest absolute Gasteiger partial charge is 0.280 e. The third kappa shape index (κ3) is 3.38. The van der Waals surface area contributed by atoms with E-state index in [4.69, 9.17) is 4.52 Å². The molecule has 1 aromatic carbocycles. The number of hydrogen-bond acceptors (Lipinski definition) is 6. The molecule has 8 heteroatoms. The molecule has 27 heavy (non-hydrogen) atoms. The summed E-state index contributed by atoms with van der Waals surface area (Å²) in [7, 11) is 0. The van der Waals surface area contributed by atoms with Crippen molar-refractivity contribution in [2.75, 3.05) is 5.32 Å². The molecule has 3 heterocycles. The average Bonchev–Trinajstić information content (AvgIpc) is 3.16. The zero-order valence-corrected chi connectivity index (χ0v) is 16.4. The van der Waals surface area contributed by atoms with Gasteiger partial charge in [-0.1, -0.05) is 21.1 Å². The van der Waals surface area contributed by atoms with E-state index in [1.54, 1.807) is 13.0 Å². The fourth-order valence-corrected chi connectivity index (χ4v) is 3.46.